The summed E-state index contributed by atoms with van der Waals surface area (Å²) in [7, 11) is 4.88. The van der Waals surface area contributed by atoms with Gasteiger partial charge in [0.05, 0.1) is 14.2 Å². The highest BCUT2D eigenvalue weighted by molar-refractivity contribution is 6.03. The van der Waals surface area contributed by atoms with Crippen molar-refractivity contribution in [2.45, 2.75) is 0 Å². The molecule has 21 heavy (non-hydrogen) atoms. The summed E-state index contributed by atoms with van der Waals surface area (Å²) in [5, 5.41) is 5.73. The second-order valence-electron chi connectivity index (χ2n) is 4.20. The minimum absolute atomic E-state index is 0.292. The van der Waals surface area contributed by atoms with Crippen LogP contribution >= 0.6 is 0 Å². The number of benzene rings is 1. The molecule has 0 saturated heterocycles. The van der Waals surface area contributed by atoms with Crippen molar-refractivity contribution in [3.63, 3.8) is 0 Å². The van der Waals surface area contributed by atoms with Gasteiger partial charge in [0.15, 0.2) is 11.5 Å². The van der Waals surface area contributed by atoms with Crippen molar-refractivity contribution in [1.82, 2.24) is 4.98 Å². The average Bonchev–Trinajstić information content (AvgIpc) is 2.54. The maximum Gasteiger partial charge on any atom is 0.274 e. The molecule has 0 saturated carbocycles. The number of rotatable bonds is 5. The molecule has 6 nitrogen and oxygen atoms in total. The van der Waals surface area contributed by atoms with E-state index in [1.54, 1.807) is 57.8 Å². The number of aromatic nitrogens is 1. The van der Waals surface area contributed by atoms with Gasteiger partial charge in [-0.15, -0.1) is 0 Å². The van der Waals surface area contributed by atoms with Crippen LogP contribution in [0.5, 0.6) is 11.5 Å². The summed E-state index contributed by atoms with van der Waals surface area (Å²) in [4.78, 5) is 16.2. The molecule has 1 aromatic heterocycles. The number of hydrogen-bond donors (Lipinski definition) is 2. The van der Waals surface area contributed by atoms with E-state index in [0.29, 0.717) is 22.9 Å². The molecule has 6 heteroatoms. The highest BCUT2D eigenvalue weighted by Crippen LogP contribution is 2.29. The van der Waals surface area contributed by atoms with Crippen molar-refractivity contribution >= 4 is 17.3 Å². The first-order chi connectivity index (χ1) is 10.2. The Kier molecular flexibility index (Phi) is 4.61. The smallest absolute Gasteiger partial charge is 0.274 e. The molecule has 0 unspecified atom stereocenters. The molecular weight excluding hydrogens is 270 g/mol. The lowest BCUT2D eigenvalue weighted by Crippen LogP contribution is -2.14. The second-order valence-corrected chi connectivity index (χ2v) is 4.20. The van der Waals surface area contributed by atoms with Crippen LogP contribution in [0.2, 0.25) is 0 Å². The first kappa shape index (κ1) is 14.6. The molecule has 2 aromatic rings. The minimum atomic E-state index is -0.292. The summed E-state index contributed by atoms with van der Waals surface area (Å²) in [6.45, 7) is 0. The molecule has 0 spiro atoms. The van der Waals surface area contributed by atoms with Crippen LogP contribution in [-0.4, -0.2) is 32.2 Å². The normalized spacial score (nSPS) is 9.86. The lowest BCUT2D eigenvalue weighted by atomic mass is 10.2. The van der Waals surface area contributed by atoms with Gasteiger partial charge in [0.2, 0.25) is 0 Å². The number of nitrogens with zero attached hydrogens (tertiary/aromatic N) is 1. The summed E-state index contributed by atoms with van der Waals surface area (Å²) in [6.07, 6.45) is 1.58. The lowest BCUT2D eigenvalue weighted by Gasteiger charge is -2.10. The molecule has 2 rings (SSSR count). The zero-order chi connectivity index (χ0) is 15.2. The molecule has 0 fully saturated rings. The van der Waals surface area contributed by atoms with Crippen LogP contribution < -0.4 is 20.1 Å². The molecule has 0 radical (unpaired) electrons. The highest BCUT2D eigenvalue weighted by Gasteiger charge is 2.10. The number of carbonyl (C=O) groups excluding carboxylic acids is 1. The third-order valence-corrected chi connectivity index (χ3v) is 2.92. The minimum Gasteiger partial charge on any atom is -0.493 e. The molecule has 0 aliphatic heterocycles. The van der Waals surface area contributed by atoms with Crippen LogP contribution in [0.4, 0.5) is 11.4 Å². The van der Waals surface area contributed by atoms with E-state index < -0.39 is 0 Å². The van der Waals surface area contributed by atoms with E-state index in [-0.39, 0.29) is 5.91 Å². The molecule has 1 aromatic carbocycles. The van der Waals surface area contributed by atoms with Crippen LogP contribution in [-0.2, 0) is 0 Å². The van der Waals surface area contributed by atoms with Gasteiger partial charge in [-0.1, -0.05) is 0 Å². The predicted octanol–water partition coefficient (Wildman–Crippen LogP) is 2.39. The molecular formula is C15H17N3O3. The second kappa shape index (κ2) is 6.60. The molecule has 0 bridgehead atoms. The molecule has 2 N–H and O–H groups in total. The van der Waals surface area contributed by atoms with Crippen molar-refractivity contribution in [2.75, 3.05) is 31.9 Å². The predicted molar refractivity (Wildman–Crippen MR) is 81.3 cm³/mol. The Morgan fingerprint density at radius 2 is 1.81 bits per heavy atom. The van der Waals surface area contributed by atoms with Gasteiger partial charge in [-0.05, 0) is 24.3 Å². The maximum absolute atomic E-state index is 12.2. The van der Waals surface area contributed by atoms with Crippen LogP contribution in [0, 0.1) is 0 Å². The van der Waals surface area contributed by atoms with E-state index in [9.17, 15) is 4.79 Å². The van der Waals surface area contributed by atoms with Crippen molar-refractivity contribution < 1.29 is 14.3 Å². The molecule has 0 aliphatic rings. The summed E-state index contributed by atoms with van der Waals surface area (Å²) in [5.41, 5.74) is 1.76. The fraction of sp³-hybridized carbons (Fsp3) is 0.200. The molecule has 1 amide bonds. The van der Waals surface area contributed by atoms with Crippen molar-refractivity contribution in [3.05, 3.63) is 42.2 Å². The molecule has 1 heterocycles. The quantitative estimate of drug-likeness (QED) is 0.883. The monoisotopic (exact) mass is 287 g/mol. The van der Waals surface area contributed by atoms with Gasteiger partial charge in [0, 0.05) is 30.7 Å². The number of anilines is 2. The van der Waals surface area contributed by atoms with Gasteiger partial charge in [0.25, 0.3) is 5.91 Å². The van der Waals surface area contributed by atoms with E-state index in [0.717, 1.165) is 5.69 Å². The fourth-order valence-electron chi connectivity index (χ4n) is 1.82. The summed E-state index contributed by atoms with van der Waals surface area (Å²) < 4.78 is 10.4. The first-order valence-corrected chi connectivity index (χ1v) is 6.35. The van der Waals surface area contributed by atoms with Crippen LogP contribution in [0.25, 0.3) is 0 Å². The number of carbonyl (C=O) groups is 1. The number of hydrogen-bond acceptors (Lipinski definition) is 5. The lowest BCUT2D eigenvalue weighted by molar-refractivity contribution is 0.102. The Labute approximate surface area is 123 Å². The number of pyridine rings is 1. The van der Waals surface area contributed by atoms with E-state index >= 15 is 0 Å². The standard InChI is InChI=1S/C15H17N3O3/c1-16-10-6-7-17-12(8-10)15(19)18-11-4-5-13(20-2)14(9-11)21-3/h4-9H,1-3H3,(H,16,17)(H,18,19). The van der Waals surface area contributed by atoms with E-state index in [1.807, 2.05) is 0 Å². The van der Waals surface area contributed by atoms with Crippen LogP contribution in [0.15, 0.2) is 36.5 Å². The Morgan fingerprint density at radius 3 is 2.48 bits per heavy atom. The van der Waals surface area contributed by atoms with Gasteiger partial charge >= 0.3 is 0 Å². The SMILES string of the molecule is CNc1ccnc(C(=O)Nc2ccc(OC)c(OC)c2)c1. The number of amides is 1. The zero-order valence-electron chi connectivity index (χ0n) is 12.1. The fourth-order valence-corrected chi connectivity index (χ4v) is 1.82. The Morgan fingerprint density at radius 1 is 1.05 bits per heavy atom. The number of methoxy groups -OCH3 is 2. The number of ether oxygens (including phenoxy) is 2. The van der Waals surface area contributed by atoms with Gasteiger partial charge in [-0.2, -0.15) is 0 Å². The average molecular weight is 287 g/mol. The van der Waals surface area contributed by atoms with Crippen molar-refractivity contribution in [2.24, 2.45) is 0 Å². The topological polar surface area (TPSA) is 72.5 Å². The molecule has 0 aliphatic carbocycles. The van der Waals surface area contributed by atoms with Gasteiger partial charge in [0.1, 0.15) is 5.69 Å². The van der Waals surface area contributed by atoms with Gasteiger partial charge < -0.3 is 20.1 Å². The van der Waals surface area contributed by atoms with Crippen LogP contribution in [0.1, 0.15) is 10.5 Å². The number of nitrogens with one attached hydrogen (secondary N) is 2. The highest BCUT2D eigenvalue weighted by atomic mass is 16.5. The molecule has 0 atom stereocenters. The van der Waals surface area contributed by atoms with E-state index in [1.165, 1.54) is 0 Å². The summed E-state index contributed by atoms with van der Waals surface area (Å²) in [5.74, 6) is 0.859. The Hall–Kier alpha value is -2.76. The largest absolute Gasteiger partial charge is 0.493 e. The maximum atomic E-state index is 12.2. The van der Waals surface area contributed by atoms with Gasteiger partial charge in [-0.3, -0.25) is 9.78 Å². The van der Waals surface area contributed by atoms with Crippen molar-refractivity contribution in [3.8, 4) is 11.5 Å². The third-order valence-electron chi connectivity index (χ3n) is 2.92. The van der Waals surface area contributed by atoms with E-state index in [2.05, 4.69) is 15.6 Å². The molecule has 110 valence electrons. The Balaban J connectivity index is 2.19. The van der Waals surface area contributed by atoms with Gasteiger partial charge in [-0.25, -0.2) is 0 Å². The van der Waals surface area contributed by atoms with Crippen molar-refractivity contribution in [1.29, 1.82) is 0 Å². The summed E-state index contributed by atoms with van der Waals surface area (Å²) >= 11 is 0. The van der Waals surface area contributed by atoms with Crippen LogP contribution in [0.3, 0.4) is 0 Å². The third kappa shape index (κ3) is 3.42. The Bertz CT molecular complexity index is 644. The zero-order valence-corrected chi connectivity index (χ0v) is 12.1. The first-order valence-electron chi connectivity index (χ1n) is 6.35. The summed E-state index contributed by atoms with van der Waals surface area (Å²) in [6, 6.07) is 8.62. The van der Waals surface area contributed by atoms with E-state index in [4.69, 9.17) is 9.47 Å².